The normalized spacial score (nSPS) is 14.2. The van der Waals surface area contributed by atoms with Gasteiger partial charge < -0.3 is 15.5 Å². The SMILES string of the molecule is CCc1ccccc1NCc1cccc(C(=O)Nc2ccc(N3CCC(C)CC3)nc2)c1. The van der Waals surface area contributed by atoms with Crippen molar-refractivity contribution in [3.63, 3.8) is 0 Å². The number of hydrogen-bond acceptors (Lipinski definition) is 4. The predicted octanol–water partition coefficient (Wildman–Crippen LogP) is 5.74. The molecule has 5 nitrogen and oxygen atoms in total. The van der Waals surface area contributed by atoms with E-state index < -0.39 is 0 Å². The van der Waals surface area contributed by atoms with Crippen molar-refractivity contribution < 1.29 is 4.79 Å². The molecule has 0 spiro atoms. The average Bonchev–Trinajstić information content (AvgIpc) is 2.84. The number of anilines is 3. The quantitative estimate of drug-likeness (QED) is 0.503. The van der Waals surface area contributed by atoms with E-state index in [1.165, 1.54) is 18.4 Å². The summed E-state index contributed by atoms with van der Waals surface area (Å²) < 4.78 is 0. The van der Waals surface area contributed by atoms with Crippen LogP contribution in [-0.4, -0.2) is 24.0 Å². The Labute approximate surface area is 190 Å². The summed E-state index contributed by atoms with van der Waals surface area (Å²) >= 11 is 0. The Morgan fingerprint density at radius 2 is 1.88 bits per heavy atom. The van der Waals surface area contributed by atoms with E-state index in [1.54, 1.807) is 6.20 Å². The van der Waals surface area contributed by atoms with Crippen LogP contribution in [0.2, 0.25) is 0 Å². The van der Waals surface area contributed by atoms with Gasteiger partial charge in [0, 0.05) is 30.9 Å². The van der Waals surface area contributed by atoms with Gasteiger partial charge in [-0.05, 0) is 66.6 Å². The van der Waals surface area contributed by atoms with Gasteiger partial charge in [0.1, 0.15) is 5.82 Å². The smallest absolute Gasteiger partial charge is 0.255 e. The predicted molar refractivity (Wildman–Crippen MR) is 132 cm³/mol. The van der Waals surface area contributed by atoms with Crippen LogP contribution in [0.3, 0.4) is 0 Å². The van der Waals surface area contributed by atoms with Crippen LogP contribution in [0.1, 0.15) is 48.2 Å². The molecule has 1 aliphatic heterocycles. The average molecular weight is 429 g/mol. The van der Waals surface area contributed by atoms with E-state index in [2.05, 4.69) is 52.6 Å². The van der Waals surface area contributed by atoms with Gasteiger partial charge in [-0.15, -0.1) is 0 Å². The summed E-state index contributed by atoms with van der Waals surface area (Å²) in [5, 5.41) is 6.46. The van der Waals surface area contributed by atoms with Gasteiger partial charge in [-0.1, -0.05) is 44.2 Å². The molecule has 1 aliphatic rings. The highest BCUT2D eigenvalue weighted by molar-refractivity contribution is 6.04. The Bertz CT molecular complexity index is 1040. The number of aromatic nitrogens is 1. The number of benzene rings is 2. The highest BCUT2D eigenvalue weighted by Crippen LogP contribution is 2.22. The summed E-state index contributed by atoms with van der Waals surface area (Å²) in [6, 6.07) is 20.0. The van der Waals surface area contributed by atoms with Crippen molar-refractivity contribution in [3.8, 4) is 0 Å². The molecule has 1 fully saturated rings. The minimum Gasteiger partial charge on any atom is -0.381 e. The van der Waals surface area contributed by atoms with Crippen LogP contribution in [-0.2, 0) is 13.0 Å². The fraction of sp³-hybridized carbons (Fsp3) is 0.333. The van der Waals surface area contributed by atoms with Gasteiger partial charge in [0.25, 0.3) is 5.91 Å². The van der Waals surface area contributed by atoms with Crippen molar-refractivity contribution in [2.24, 2.45) is 5.92 Å². The first-order chi connectivity index (χ1) is 15.6. The minimum absolute atomic E-state index is 0.123. The zero-order chi connectivity index (χ0) is 22.3. The van der Waals surface area contributed by atoms with Crippen LogP contribution >= 0.6 is 0 Å². The summed E-state index contributed by atoms with van der Waals surface area (Å²) in [6.07, 6.45) is 5.14. The van der Waals surface area contributed by atoms with E-state index in [0.29, 0.717) is 17.8 Å². The lowest BCUT2D eigenvalue weighted by Crippen LogP contribution is -2.33. The van der Waals surface area contributed by atoms with Gasteiger partial charge in [-0.25, -0.2) is 4.98 Å². The molecule has 0 radical (unpaired) electrons. The van der Waals surface area contributed by atoms with Gasteiger partial charge in [-0.3, -0.25) is 4.79 Å². The van der Waals surface area contributed by atoms with Crippen molar-refractivity contribution in [2.75, 3.05) is 28.6 Å². The monoisotopic (exact) mass is 428 g/mol. The molecule has 4 rings (SSSR count). The molecular weight excluding hydrogens is 396 g/mol. The number of carbonyl (C=O) groups is 1. The van der Waals surface area contributed by atoms with Crippen LogP contribution in [0.25, 0.3) is 0 Å². The molecule has 0 unspecified atom stereocenters. The largest absolute Gasteiger partial charge is 0.381 e. The van der Waals surface area contributed by atoms with Crippen LogP contribution < -0.4 is 15.5 Å². The van der Waals surface area contributed by atoms with Gasteiger partial charge in [0.05, 0.1) is 11.9 Å². The molecule has 0 bridgehead atoms. The maximum atomic E-state index is 12.8. The van der Waals surface area contributed by atoms with E-state index >= 15 is 0 Å². The van der Waals surface area contributed by atoms with E-state index in [0.717, 1.165) is 42.5 Å². The second-order valence-corrected chi connectivity index (χ2v) is 8.59. The van der Waals surface area contributed by atoms with Gasteiger partial charge in [0.2, 0.25) is 0 Å². The highest BCUT2D eigenvalue weighted by Gasteiger charge is 2.17. The zero-order valence-corrected chi connectivity index (χ0v) is 19.0. The molecule has 3 aromatic rings. The lowest BCUT2D eigenvalue weighted by molar-refractivity contribution is 0.102. The lowest BCUT2D eigenvalue weighted by Gasteiger charge is -2.31. The summed E-state index contributed by atoms with van der Waals surface area (Å²) in [7, 11) is 0. The molecule has 0 saturated carbocycles. The number of nitrogens with zero attached hydrogens (tertiary/aromatic N) is 2. The molecule has 2 aromatic carbocycles. The first kappa shape index (κ1) is 21.9. The Hall–Kier alpha value is -3.34. The molecular formula is C27H32N4O. The number of amides is 1. The molecule has 32 heavy (non-hydrogen) atoms. The number of rotatable bonds is 7. The van der Waals surface area contributed by atoms with Gasteiger partial charge >= 0.3 is 0 Å². The Kier molecular flexibility index (Phi) is 7.05. The van der Waals surface area contributed by atoms with Crippen LogP contribution in [0.4, 0.5) is 17.2 Å². The van der Waals surface area contributed by atoms with Gasteiger partial charge in [-0.2, -0.15) is 0 Å². The van der Waals surface area contributed by atoms with E-state index in [-0.39, 0.29) is 5.91 Å². The molecule has 1 aromatic heterocycles. The number of para-hydroxylation sites is 1. The summed E-state index contributed by atoms with van der Waals surface area (Å²) in [6.45, 7) is 7.22. The molecule has 1 saturated heterocycles. The maximum absolute atomic E-state index is 12.8. The lowest BCUT2D eigenvalue weighted by atomic mass is 9.99. The van der Waals surface area contributed by atoms with Crippen LogP contribution in [0.5, 0.6) is 0 Å². The van der Waals surface area contributed by atoms with Crippen molar-refractivity contribution in [2.45, 2.75) is 39.7 Å². The van der Waals surface area contributed by atoms with Crippen molar-refractivity contribution in [1.82, 2.24) is 4.98 Å². The fourth-order valence-corrected chi connectivity index (χ4v) is 4.11. The molecule has 166 valence electrons. The number of pyridine rings is 1. The number of aryl methyl sites for hydroxylation is 1. The van der Waals surface area contributed by atoms with E-state index in [4.69, 9.17) is 0 Å². The maximum Gasteiger partial charge on any atom is 0.255 e. The molecule has 5 heteroatoms. The molecule has 2 N–H and O–H groups in total. The molecule has 2 heterocycles. The second-order valence-electron chi connectivity index (χ2n) is 8.59. The first-order valence-corrected chi connectivity index (χ1v) is 11.6. The fourth-order valence-electron chi connectivity index (χ4n) is 4.11. The van der Waals surface area contributed by atoms with Crippen molar-refractivity contribution in [3.05, 3.63) is 83.6 Å². The van der Waals surface area contributed by atoms with Crippen LogP contribution in [0, 0.1) is 5.92 Å². The zero-order valence-electron chi connectivity index (χ0n) is 19.0. The van der Waals surface area contributed by atoms with E-state index in [9.17, 15) is 4.79 Å². The molecule has 1 amide bonds. The highest BCUT2D eigenvalue weighted by atomic mass is 16.1. The first-order valence-electron chi connectivity index (χ1n) is 11.6. The third kappa shape index (κ3) is 5.47. The molecule has 0 aliphatic carbocycles. The summed E-state index contributed by atoms with van der Waals surface area (Å²) in [4.78, 5) is 19.7. The van der Waals surface area contributed by atoms with E-state index in [1.807, 2.05) is 42.5 Å². The Morgan fingerprint density at radius 1 is 1.06 bits per heavy atom. The third-order valence-corrected chi connectivity index (χ3v) is 6.18. The Morgan fingerprint density at radius 3 is 2.62 bits per heavy atom. The van der Waals surface area contributed by atoms with Gasteiger partial charge in [0.15, 0.2) is 0 Å². The second kappa shape index (κ2) is 10.3. The van der Waals surface area contributed by atoms with Crippen molar-refractivity contribution in [1.29, 1.82) is 0 Å². The molecule has 0 atom stereocenters. The van der Waals surface area contributed by atoms with Crippen molar-refractivity contribution >= 4 is 23.1 Å². The number of carbonyl (C=O) groups excluding carboxylic acids is 1. The number of hydrogen-bond donors (Lipinski definition) is 2. The topological polar surface area (TPSA) is 57.3 Å². The number of piperidine rings is 1. The Balaban J connectivity index is 1.36. The van der Waals surface area contributed by atoms with Crippen LogP contribution in [0.15, 0.2) is 66.9 Å². The summed E-state index contributed by atoms with van der Waals surface area (Å²) in [5.41, 5.74) is 4.85. The summed E-state index contributed by atoms with van der Waals surface area (Å²) in [5.74, 6) is 1.65. The number of nitrogens with one attached hydrogen (secondary N) is 2. The minimum atomic E-state index is -0.123. The standard InChI is InChI=1S/C27H32N4O/c1-3-22-8-4-5-10-25(22)28-18-21-7-6-9-23(17-21)27(32)30-24-11-12-26(29-19-24)31-15-13-20(2)14-16-31/h4-12,17,19-20,28H,3,13-16,18H2,1-2H3,(H,30,32). The third-order valence-electron chi connectivity index (χ3n) is 6.18.